The Morgan fingerprint density at radius 1 is 1.05 bits per heavy atom. The molecule has 1 aliphatic heterocycles. The molecule has 0 aromatic carbocycles. The van der Waals surface area contributed by atoms with Gasteiger partial charge in [0.2, 0.25) is 0 Å². The van der Waals surface area contributed by atoms with Gasteiger partial charge >= 0.3 is 0 Å². The van der Waals surface area contributed by atoms with E-state index in [1.165, 1.54) is 71.0 Å². The lowest BCUT2D eigenvalue weighted by molar-refractivity contribution is 0.0991. The highest BCUT2D eigenvalue weighted by Gasteiger charge is 2.37. The highest BCUT2D eigenvalue weighted by molar-refractivity contribution is 4.92. The topological polar surface area (TPSA) is 15.3 Å². The van der Waals surface area contributed by atoms with Gasteiger partial charge in [0.05, 0.1) is 0 Å². The average molecular weight is 295 g/mol. The smallest absolute Gasteiger partial charge is 0.0124 e. The second-order valence-electron chi connectivity index (χ2n) is 7.97. The number of rotatable bonds is 8. The predicted molar refractivity (Wildman–Crippen MR) is 92.7 cm³/mol. The van der Waals surface area contributed by atoms with Gasteiger partial charge in [-0.1, -0.05) is 40.5 Å². The van der Waals surface area contributed by atoms with Gasteiger partial charge in [-0.15, -0.1) is 0 Å². The van der Waals surface area contributed by atoms with Gasteiger partial charge in [-0.25, -0.2) is 0 Å². The van der Waals surface area contributed by atoms with Gasteiger partial charge in [-0.05, 0) is 56.4 Å². The van der Waals surface area contributed by atoms with Crippen LogP contribution in [0, 0.1) is 11.3 Å². The van der Waals surface area contributed by atoms with E-state index in [2.05, 4.69) is 37.9 Å². The molecule has 124 valence electrons. The Labute approximate surface area is 133 Å². The van der Waals surface area contributed by atoms with E-state index in [-0.39, 0.29) is 0 Å². The Morgan fingerprint density at radius 2 is 1.71 bits per heavy atom. The highest BCUT2D eigenvalue weighted by atomic mass is 15.2. The summed E-state index contributed by atoms with van der Waals surface area (Å²) in [6.45, 7) is 13.2. The molecule has 1 saturated carbocycles. The van der Waals surface area contributed by atoms with Crippen molar-refractivity contribution in [2.24, 2.45) is 11.3 Å². The first-order valence-corrected chi connectivity index (χ1v) is 9.57. The van der Waals surface area contributed by atoms with Crippen LogP contribution in [0.2, 0.25) is 0 Å². The molecule has 1 N–H and O–H groups in total. The van der Waals surface area contributed by atoms with Crippen molar-refractivity contribution in [3.63, 3.8) is 0 Å². The third-order valence-electron chi connectivity index (χ3n) is 6.28. The van der Waals surface area contributed by atoms with Crippen molar-refractivity contribution < 1.29 is 0 Å². The molecule has 0 spiro atoms. The van der Waals surface area contributed by atoms with E-state index in [1.54, 1.807) is 0 Å². The Morgan fingerprint density at radius 3 is 2.29 bits per heavy atom. The number of hydrogen-bond acceptors (Lipinski definition) is 2. The van der Waals surface area contributed by atoms with E-state index >= 15 is 0 Å². The van der Waals surface area contributed by atoms with Crippen LogP contribution in [0.5, 0.6) is 0 Å². The van der Waals surface area contributed by atoms with Crippen LogP contribution in [0.4, 0.5) is 0 Å². The maximum atomic E-state index is 3.72. The number of likely N-dealkylation sites (tertiary alicyclic amines) is 1. The zero-order valence-electron chi connectivity index (χ0n) is 15.0. The van der Waals surface area contributed by atoms with Crippen molar-refractivity contribution in [1.82, 2.24) is 10.2 Å². The third kappa shape index (κ3) is 4.45. The second kappa shape index (κ2) is 7.97. The Hall–Kier alpha value is -0.0800. The highest BCUT2D eigenvalue weighted by Crippen LogP contribution is 2.38. The van der Waals surface area contributed by atoms with Crippen LogP contribution >= 0.6 is 0 Å². The van der Waals surface area contributed by atoms with Gasteiger partial charge < -0.3 is 5.32 Å². The standard InChI is InChI=1S/C19H38N2/c1-5-19(6-2,14-20-16(3)4)15-21-13-9-12-18(21)17-10-7-8-11-17/h16-18,20H,5-15H2,1-4H3. The Kier molecular flexibility index (Phi) is 6.55. The summed E-state index contributed by atoms with van der Waals surface area (Å²) in [5.74, 6) is 1.01. The number of nitrogens with one attached hydrogen (secondary N) is 1. The predicted octanol–water partition coefficient (Wildman–Crippen LogP) is 4.45. The minimum absolute atomic E-state index is 0.478. The molecular formula is C19H38N2. The van der Waals surface area contributed by atoms with Crippen LogP contribution in [-0.4, -0.2) is 36.6 Å². The van der Waals surface area contributed by atoms with Crippen LogP contribution < -0.4 is 5.32 Å². The lowest BCUT2D eigenvalue weighted by Crippen LogP contribution is -2.47. The molecule has 0 radical (unpaired) electrons. The molecule has 2 rings (SSSR count). The monoisotopic (exact) mass is 294 g/mol. The number of nitrogens with zero attached hydrogens (tertiary/aromatic N) is 1. The van der Waals surface area contributed by atoms with Crippen molar-refractivity contribution in [2.75, 3.05) is 19.6 Å². The molecular weight excluding hydrogens is 256 g/mol. The van der Waals surface area contributed by atoms with Gasteiger partial charge in [-0.2, -0.15) is 0 Å². The average Bonchev–Trinajstić information content (AvgIpc) is 3.14. The molecule has 21 heavy (non-hydrogen) atoms. The van der Waals surface area contributed by atoms with Crippen molar-refractivity contribution in [3.05, 3.63) is 0 Å². The minimum Gasteiger partial charge on any atom is -0.314 e. The van der Waals surface area contributed by atoms with E-state index in [9.17, 15) is 0 Å². The summed E-state index contributed by atoms with van der Waals surface area (Å²) >= 11 is 0. The normalized spacial score (nSPS) is 25.3. The van der Waals surface area contributed by atoms with E-state index in [0.29, 0.717) is 11.5 Å². The van der Waals surface area contributed by atoms with Gasteiger partial charge in [0.15, 0.2) is 0 Å². The maximum Gasteiger partial charge on any atom is 0.0124 e. The molecule has 0 aromatic rings. The number of hydrogen-bond donors (Lipinski definition) is 1. The quantitative estimate of drug-likeness (QED) is 0.711. The molecule has 2 heteroatoms. The first-order chi connectivity index (χ1) is 10.1. The molecule has 1 atom stereocenters. The van der Waals surface area contributed by atoms with E-state index in [1.807, 2.05) is 0 Å². The van der Waals surface area contributed by atoms with Crippen LogP contribution in [0.1, 0.15) is 79.1 Å². The summed E-state index contributed by atoms with van der Waals surface area (Å²) in [5, 5.41) is 3.72. The van der Waals surface area contributed by atoms with Crippen molar-refractivity contribution in [1.29, 1.82) is 0 Å². The first kappa shape index (κ1) is 17.3. The molecule has 0 bridgehead atoms. The van der Waals surface area contributed by atoms with Crippen LogP contribution in [-0.2, 0) is 0 Å². The molecule has 1 saturated heterocycles. The maximum absolute atomic E-state index is 3.72. The summed E-state index contributed by atoms with van der Waals surface area (Å²) in [5.41, 5.74) is 0.478. The van der Waals surface area contributed by atoms with Crippen molar-refractivity contribution in [3.8, 4) is 0 Å². The lowest BCUT2D eigenvalue weighted by atomic mass is 9.80. The fraction of sp³-hybridized carbons (Fsp3) is 1.00. The molecule has 1 heterocycles. The SMILES string of the molecule is CCC(CC)(CNC(C)C)CN1CCCC1C1CCCC1. The van der Waals surface area contributed by atoms with Gasteiger partial charge in [0.25, 0.3) is 0 Å². The molecule has 2 nitrogen and oxygen atoms in total. The van der Waals surface area contributed by atoms with E-state index in [4.69, 9.17) is 0 Å². The minimum atomic E-state index is 0.478. The lowest BCUT2D eigenvalue weighted by Gasteiger charge is -2.40. The summed E-state index contributed by atoms with van der Waals surface area (Å²) in [7, 11) is 0. The first-order valence-electron chi connectivity index (χ1n) is 9.57. The van der Waals surface area contributed by atoms with Crippen LogP contribution in [0.25, 0.3) is 0 Å². The van der Waals surface area contributed by atoms with Crippen LogP contribution in [0.3, 0.4) is 0 Å². The zero-order chi connectivity index (χ0) is 15.3. The molecule has 1 unspecified atom stereocenters. The fourth-order valence-corrected chi connectivity index (χ4v) is 4.56. The van der Waals surface area contributed by atoms with E-state index < -0.39 is 0 Å². The third-order valence-corrected chi connectivity index (χ3v) is 6.28. The molecule has 2 fully saturated rings. The molecule has 2 aliphatic rings. The second-order valence-corrected chi connectivity index (χ2v) is 7.97. The van der Waals surface area contributed by atoms with Crippen molar-refractivity contribution >= 4 is 0 Å². The van der Waals surface area contributed by atoms with Gasteiger partial charge in [0, 0.05) is 25.2 Å². The Balaban J connectivity index is 1.97. The fourth-order valence-electron chi connectivity index (χ4n) is 4.56. The molecule has 0 aromatic heterocycles. The van der Waals surface area contributed by atoms with Crippen LogP contribution in [0.15, 0.2) is 0 Å². The Bertz CT molecular complexity index is 290. The van der Waals surface area contributed by atoms with Crippen molar-refractivity contribution in [2.45, 2.75) is 91.1 Å². The summed E-state index contributed by atoms with van der Waals surface area (Å²) in [6, 6.07) is 1.51. The summed E-state index contributed by atoms with van der Waals surface area (Å²) in [6.07, 6.45) is 11.5. The summed E-state index contributed by atoms with van der Waals surface area (Å²) < 4.78 is 0. The molecule has 1 aliphatic carbocycles. The largest absolute Gasteiger partial charge is 0.314 e. The van der Waals surface area contributed by atoms with Gasteiger partial charge in [-0.3, -0.25) is 4.90 Å². The summed E-state index contributed by atoms with van der Waals surface area (Å²) in [4.78, 5) is 2.88. The van der Waals surface area contributed by atoms with E-state index in [0.717, 1.165) is 12.0 Å². The molecule has 0 amide bonds. The zero-order valence-corrected chi connectivity index (χ0v) is 15.0. The van der Waals surface area contributed by atoms with Gasteiger partial charge in [0.1, 0.15) is 0 Å².